The van der Waals surface area contributed by atoms with Gasteiger partial charge in [-0.2, -0.15) is 0 Å². The topological polar surface area (TPSA) is 33.2 Å². The molecule has 76 valence electrons. The zero-order chi connectivity index (χ0) is 10.8. The van der Waals surface area contributed by atoms with Crippen molar-refractivity contribution in [1.29, 1.82) is 0 Å². The lowest BCUT2D eigenvalue weighted by Crippen LogP contribution is -2.40. The van der Waals surface area contributed by atoms with E-state index in [4.69, 9.17) is 0 Å². The molecule has 0 unspecified atom stereocenters. The molecule has 0 N–H and O–H groups in total. The van der Waals surface area contributed by atoms with Crippen molar-refractivity contribution in [1.82, 2.24) is 4.98 Å². The fourth-order valence-electron chi connectivity index (χ4n) is 1.07. The molecule has 0 aliphatic heterocycles. The van der Waals surface area contributed by atoms with Gasteiger partial charge >= 0.3 is 0 Å². The summed E-state index contributed by atoms with van der Waals surface area (Å²) in [5.74, 6) is -0.578. The van der Waals surface area contributed by atoms with E-state index >= 15 is 0 Å². The lowest BCUT2D eigenvalue weighted by atomic mass is 10.1. The van der Waals surface area contributed by atoms with E-state index in [1.165, 1.54) is 32.0 Å². The van der Waals surface area contributed by atoms with Gasteiger partial charge in [-0.1, -0.05) is 0 Å². The summed E-state index contributed by atoms with van der Waals surface area (Å²) in [5.41, 5.74) is -1.27. The van der Waals surface area contributed by atoms with Gasteiger partial charge in [-0.05, 0) is 26.0 Å². The van der Waals surface area contributed by atoms with E-state index in [-0.39, 0.29) is 0 Å². The number of aromatic nitrogens is 1. The van der Waals surface area contributed by atoms with Crippen LogP contribution in [0.15, 0.2) is 24.5 Å². The van der Waals surface area contributed by atoms with Gasteiger partial charge in [0.05, 0.1) is 11.9 Å². The summed E-state index contributed by atoms with van der Waals surface area (Å²) in [6.45, 7) is 2.48. The van der Waals surface area contributed by atoms with Crippen molar-refractivity contribution in [2.24, 2.45) is 0 Å². The highest BCUT2D eigenvalue weighted by Crippen LogP contribution is 2.17. The fraction of sp³-hybridized carbons (Fsp3) is 0.400. The number of carbonyl (C=O) groups is 1. The maximum absolute atomic E-state index is 13.3. The van der Waals surface area contributed by atoms with E-state index in [1.807, 2.05) is 0 Å². The van der Waals surface area contributed by atoms with Crippen molar-refractivity contribution in [2.75, 3.05) is 11.9 Å². The standard InChI is InChI=1S/C10H13FN2O/c1-10(2,11)9(14)13(3)8-5-4-6-12-7-8/h4-7H,1-3H3. The van der Waals surface area contributed by atoms with Crippen molar-refractivity contribution < 1.29 is 9.18 Å². The highest BCUT2D eigenvalue weighted by molar-refractivity contribution is 5.98. The third-order valence-electron chi connectivity index (χ3n) is 1.85. The van der Waals surface area contributed by atoms with Crippen LogP contribution in [-0.2, 0) is 4.79 Å². The number of nitrogens with zero attached hydrogens (tertiary/aromatic N) is 2. The molecule has 0 saturated carbocycles. The van der Waals surface area contributed by atoms with Crippen molar-refractivity contribution in [3.63, 3.8) is 0 Å². The average molecular weight is 196 g/mol. The van der Waals surface area contributed by atoms with E-state index in [2.05, 4.69) is 4.98 Å². The number of hydrogen-bond acceptors (Lipinski definition) is 2. The van der Waals surface area contributed by atoms with E-state index in [9.17, 15) is 9.18 Å². The van der Waals surface area contributed by atoms with Gasteiger partial charge in [0.2, 0.25) is 0 Å². The third-order valence-corrected chi connectivity index (χ3v) is 1.85. The Labute approximate surface area is 82.6 Å². The number of carbonyl (C=O) groups excluding carboxylic acids is 1. The summed E-state index contributed by atoms with van der Waals surface area (Å²) < 4.78 is 13.3. The first kappa shape index (κ1) is 10.6. The van der Waals surface area contributed by atoms with Crippen LogP contribution in [0.3, 0.4) is 0 Å². The normalized spacial score (nSPS) is 11.1. The Balaban J connectivity index is 2.87. The number of halogens is 1. The molecule has 0 radical (unpaired) electrons. The SMILES string of the molecule is CN(C(=O)C(C)(C)F)c1cccnc1. The molecule has 0 atom stereocenters. The smallest absolute Gasteiger partial charge is 0.263 e. The fourth-order valence-corrected chi connectivity index (χ4v) is 1.07. The molecule has 1 aromatic heterocycles. The maximum atomic E-state index is 13.3. The van der Waals surface area contributed by atoms with Crippen LogP contribution < -0.4 is 4.90 Å². The van der Waals surface area contributed by atoms with Crippen LogP contribution in [0.2, 0.25) is 0 Å². The molecule has 0 aliphatic carbocycles. The molecule has 3 nitrogen and oxygen atoms in total. The molecule has 4 heteroatoms. The van der Waals surface area contributed by atoms with E-state index < -0.39 is 11.6 Å². The zero-order valence-corrected chi connectivity index (χ0v) is 8.49. The first-order valence-corrected chi connectivity index (χ1v) is 4.30. The molecule has 1 aromatic rings. The predicted molar refractivity (Wildman–Crippen MR) is 52.8 cm³/mol. The van der Waals surface area contributed by atoms with Crippen LogP contribution in [-0.4, -0.2) is 23.6 Å². The van der Waals surface area contributed by atoms with Gasteiger partial charge in [-0.3, -0.25) is 9.78 Å². The van der Waals surface area contributed by atoms with Crippen LogP contribution in [0.1, 0.15) is 13.8 Å². The molecule has 0 saturated heterocycles. The Kier molecular flexibility index (Phi) is 2.84. The van der Waals surface area contributed by atoms with Crippen LogP contribution in [0.5, 0.6) is 0 Å². The van der Waals surface area contributed by atoms with E-state index in [0.717, 1.165) is 0 Å². The minimum Gasteiger partial charge on any atom is -0.311 e. The molecule has 1 heterocycles. The summed E-state index contributed by atoms with van der Waals surface area (Å²) in [7, 11) is 1.53. The molecule has 1 rings (SSSR count). The number of rotatable bonds is 2. The van der Waals surface area contributed by atoms with Gasteiger partial charge in [0, 0.05) is 13.2 Å². The van der Waals surface area contributed by atoms with Gasteiger partial charge in [-0.15, -0.1) is 0 Å². The minimum absolute atomic E-state index is 0.578. The lowest BCUT2D eigenvalue weighted by Gasteiger charge is -2.22. The molecule has 14 heavy (non-hydrogen) atoms. The molecular formula is C10H13FN2O. The largest absolute Gasteiger partial charge is 0.311 e. The minimum atomic E-state index is -1.86. The number of hydrogen-bond donors (Lipinski definition) is 0. The Bertz CT molecular complexity index is 319. The van der Waals surface area contributed by atoms with E-state index in [0.29, 0.717) is 5.69 Å². The lowest BCUT2D eigenvalue weighted by molar-refractivity contribution is -0.127. The summed E-state index contributed by atoms with van der Waals surface area (Å²) in [6.07, 6.45) is 3.12. The predicted octanol–water partition coefficient (Wildman–Crippen LogP) is 1.79. The maximum Gasteiger partial charge on any atom is 0.263 e. The zero-order valence-electron chi connectivity index (χ0n) is 8.49. The van der Waals surface area contributed by atoms with Gasteiger partial charge in [0.1, 0.15) is 0 Å². The second-order valence-corrected chi connectivity index (χ2v) is 3.55. The third kappa shape index (κ3) is 2.28. The summed E-state index contributed by atoms with van der Waals surface area (Å²) >= 11 is 0. The highest BCUT2D eigenvalue weighted by atomic mass is 19.1. The molecule has 0 aromatic carbocycles. The van der Waals surface area contributed by atoms with Gasteiger partial charge < -0.3 is 4.90 Å². The average Bonchev–Trinajstić information content (AvgIpc) is 2.15. The number of amides is 1. The number of anilines is 1. The summed E-state index contributed by atoms with van der Waals surface area (Å²) in [6, 6.07) is 3.40. The Morgan fingerprint density at radius 3 is 2.64 bits per heavy atom. The molecule has 0 bridgehead atoms. The Hall–Kier alpha value is -1.45. The van der Waals surface area contributed by atoms with Crippen molar-refractivity contribution in [3.8, 4) is 0 Å². The van der Waals surface area contributed by atoms with Gasteiger partial charge in [-0.25, -0.2) is 4.39 Å². The number of pyridine rings is 1. The van der Waals surface area contributed by atoms with Crippen molar-refractivity contribution in [3.05, 3.63) is 24.5 Å². The first-order valence-electron chi connectivity index (χ1n) is 4.30. The molecular weight excluding hydrogens is 183 g/mol. The van der Waals surface area contributed by atoms with E-state index in [1.54, 1.807) is 18.3 Å². The Morgan fingerprint density at radius 2 is 2.21 bits per heavy atom. The highest BCUT2D eigenvalue weighted by Gasteiger charge is 2.30. The second kappa shape index (κ2) is 3.74. The summed E-state index contributed by atoms with van der Waals surface area (Å²) in [5, 5.41) is 0. The number of alkyl halides is 1. The summed E-state index contributed by atoms with van der Waals surface area (Å²) in [4.78, 5) is 16.6. The van der Waals surface area contributed by atoms with Crippen LogP contribution >= 0.6 is 0 Å². The quantitative estimate of drug-likeness (QED) is 0.722. The Morgan fingerprint density at radius 1 is 1.57 bits per heavy atom. The van der Waals surface area contributed by atoms with Crippen molar-refractivity contribution >= 4 is 11.6 Å². The molecule has 0 spiro atoms. The van der Waals surface area contributed by atoms with Crippen LogP contribution in [0, 0.1) is 0 Å². The second-order valence-electron chi connectivity index (χ2n) is 3.55. The first-order chi connectivity index (χ1) is 6.43. The van der Waals surface area contributed by atoms with Crippen LogP contribution in [0.25, 0.3) is 0 Å². The molecule has 0 fully saturated rings. The monoisotopic (exact) mass is 196 g/mol. The molecule has 0 aliphatic rings. The van der Waals surface area contributed by atoms with Crippen LogP contribution in [0.4, 0.5) is 10.1 Å². The van der Waals surface area contributed by atoms with Gasteiger partial charge in [0.15, 0.2) is 5.67 Å². The van der Waals surface area contributed by atoms with Gasteiger partial charge in [0.25, 0.3) is 5.91 Å². The molecule has 1 amide bonds. The van der Waals surface area contributed by atoms with Crippen molar-refractivity contribution in [2.45, 2.75) is 19.5 Å².